The third-order valence-corrected chi connectivity index (χ3v) is 6.92. The quantitative estimate of drug-likeness (QED) is 0.335. The van der Waals surface area contributed by atoms with E-state index in [0.717, 1.165) is 35.2 Å². The summed E-state index contributed by atoms with van der Waals surface area (Å²) >= 11 is 1.35. The summed E-state index contributed by atoms with van der Waals surface area (Å²) in [6, 6.07) is 16.5. The second-order valence-corrected chi connectivity index (χ2v) is 10.5. The lowest BCUT2D eigenvalue weighted by Gasteiger charge is -2.22. The zero-order chi connectivity index (χ0) is 24.6. The summed E-state index contributed by atoms with van der Waals surface area (Å²) in [5.74, 6) is 0.660. The molecule has 7 heteroatoms. The number of thioether (sulfide) groups is 1. The van der Waals surface area contributed by atoms with Crippen molar-refractivity contribution in [3.05, 3.63) is 83.0 Å². The third kappa shape index (κ3) is 4.68. The van der Waals surface area contributed by atoms with E-state index in [9.17, 15) is 4.79 Å². The van der Waals surface area contributed by atoms with E-state index in [1.165, 1.54) is 17.3 Å². The number of amides is 1. The summed E-state index contributed by atoms with van der Waals surface area (Å²) in [6.07, 6.45) is 6.44. The van der Waals surface area contributed by atoms with E-state index in [1.54, 1.807) is 17.2 Å². The molecule has 3 aromatic rings. The van der Waals surface area contributed by atoms with Gasteiger partial charge in [-0.2, -0.15) is 4.99 Å². The second kappa shape index (κ2) is 9.23. The molecule has 6 nitrogen and oxygen atoms in total. The Hall–Kier alpha value is -3.58. The van der Waals surface area contributed by atoms with Crippen molar-refractivity contribution >= 4 is 45.7 Å². The van der Waals surface area contributed by atoms with Crippen molar-refractivity contribution in [3.8, 4) is 5.75 Å². The van der Waals surface area contributed by atoms with E-state index in [2.05, 4.69) is 48.5 Å². The SMILES string of the molecule is CC(C)(C)c1ccc(OCCCn2cc(/C=C3/C(=N)N4C=CSC4=NC3=O)c3ccccc32)cc1. The molecule has 0 spiro atoms. The van der Waals surface area contributed by atoms with Crippen molar-refractivity contribution in [2.75, 3.05) is 6.61 Å². The number of amidine groups is 2. The van der Waals surface area contributed by atoms with Gasteiger partial charge in [0.25, 0.3) is 5.91 Å². The minimum atomic E-state index is -0.375. The molecule has 0 saturated heterocycles. The zero-order valence-corrected chi connectivity index (χ0v) is 20.9. The number of hydrogen-bond donors (Lipinski definition) is 1. The van der Waals surface area contributed by atoms with Gasteiger partial charge in [0.15, 0.2) is 5.17 Å². The Morgan fingerprint density at radius 1 is 1.11 bits per heavy atom. The highest BCUT2D eigenvalue weighted by molar-refractivity contribution is 8.16. The van der Waals surface area contributed by atoms with Gasteiger partial charge in [0.1, 0.15) is 11.6 Å². The molecule has 3 heterocycles. The van der Waals surface area contributed by atoms with Gasteiger partial charge in [-0.25, -0.2) is 0 Å². The molecule has 0 saturated carbocycles. The van der Waals surface area contributed by atoms with Gasteiger partial charge in [-0.1, -0.05) is 62.9 Å². The molecule has 178 valence electrons. The fourth-order valence-electron chi connectivity index (χ4n) is 4.24. The van der Waals surface area contributed by atoms with Crippen LogP contribution in [0.2, 0.25) is 0 Å². The van der Waals surface area contributed by atoms with Gasteiger partial charge in [-0.15, -0.1) is 0 Å². The molecule has 0 fully saturated rings. The van der Waals surface area contributed by atoms with Crippen molar-refractivity contribution in [3.63, 3.8) is 0 Å². The smallest absolute Gasteiger partial charge is 0.283 e. The molecule has 1 N–H and O–H groups in total. The van der Waals surface area contributed by atoms with Crippen LogP contribution in [0, 0.1) is 5.41 Å². The van der Waals surface area contributed by atoms with Crippen LogP contribution in [0.15, 0.2) is 76.9 Å². The van der Waals surface area contributed by atoms with E-state index in [4.69, 9.17) is 10.1 Å². The monoisotopic (exact) mass is 484 g/mol. The zero-order valence-electron chi connectivity index (χ0n) is 20.1. The molecular formula is C28H28N4O2S. The van der Waals surface area contributed by atoms with Crippen LogP contribution in [-0.2, 0) is 16.8 Å². The van der Waals surface area contributed by atoms with E-state index < -0.39 is 0 Å². The molecular weight excluding hydrogens is 456 g/mol. The first-order valence-corrected chi connectivity index (χ1v) is 12.6. The molecule has 0 aliphatic carbocycles. The topological polar surface area (TPSA) is 70.7 Å². The number of para-hydroxylation sites is 1. The summed E-state index contributed by atoms with van der Waals surface area (Å²) < 4.78 is 8.16. The number of hydrogen-bond acceptors (Lipinski definition) is 4. The van der Waals surface area contributed by atoms with Crippen molar-refractivity contribution in [2.24, 2.45) is 4.99 Å². The van der Waals surface area contributed by atoms with Crippen molar-refractivity contribution < 1.29 is 9.53 Å². The third-order valence-electron chi connectivity index (χ3n) is 6.16. The number of nitrogens with one attached hydrogen (secondary N) is 1. The fraction of sp³-hybridized carbons (Fsp3) is 0.250. The number of aryl methyl sites for hydroxylation is 1. The summed E-state index contributed by atoms with van der Waals surface area (Å²) in [6.45, 7) is 8.00. The number of nitrogens with zero attached hydrogens (tertiary/aromatic N) is 3. The second-order valence-electron chi connectivity index (χ2n) is 9.65. The van der Waals surface area contributed by atoms with Crippen LogP contribution in [0.5, 0.6) is 5.75 Å². The van der Waals surface area contributed by atoms with Gasteiger partial charge in [0.05, 0.1) is 12.2 Å². The van der Waals surface area contributed by atoms with Crippen LogP contribution in [0.4, 0.5) is 0 Å². The van der Waals surface area contributed by atoms with Gasteiger partial charge in [-0.3, -0.25) is 15.1 Å². The predicted octanol–water partition coefficient (Wildman–Crippen LogP) is 6.18. The predicted molar refractivity (Wildman–Crippen MR) is 144 cm³/mol. The Balaban J connectivity index is 1.31. The highest BCUT2D eigenvalue weighted by Gasteiger charge is 2.31. The molecule has 2 aliphatic rings. The van der Waals surface area contributed by atoms with Crippen LogP contribution < -0.4 is 4.74 Å². The Bertz CT molecular complexity index is 1390. The first kappa shape index (κ1) is 23.2. The van der Waals surface area contributed by atoms with Crippen LogP contribution in [0.1, 0.15) is 38.3 Å². The number of benzene rings is 2. The van der Waals surface area contributed by atoms with Crippen LogP contribution >= 0.6 is 11.8 Å². The number of carbonyl (C=O) groups excluding carboxylic acids is 1. The molecule has 2 aliphatic heterocycles. The number of rotatable bonds is 6. The largest absolute Gasteiger partial charge is 0.494 e. The number of carbonyl (C=O) groups is 1. The maximum Gasteiger partial charge on any atom is 0.283 e. The number of fused-ring (bicyclic) bond motifs is 2. The van der Waals surface area contributed by atoms with E-state index in [-0.39, 0.29) is 17.2 Å². The summed E-state index contributed by atoms with van der Waals surface area (Å²) in [7, 11) is 0. The fourth-order valence-corrected chi connectivity index (χ4v) is 4.94. The van der Waals surface area contributed by atoms with Gasteiger partial charge in [0.2, 0.25) is 0 Å². The lowest BCUT2D eigenvalue weighted by atomic mass is 9.87. The van der Waals surface area contributed by atoms with Crippen LogP contribution in [-0.4, -0.2) is 33.0 Å². The average Bonchev–Trinajstić information content (AvgIpc) is 3.44. The number of aromatic nitrogens is 1. The lowest BCUT2D eigenvalue weighted by molar-refractivity contribution is -0.114. The van der Waals surface area contributed by atoms with E-state index in [0.29, 0.717) is 17.3 Å². The maximum absolute atomic E-state index is 12.6. The average molecular weight is 485 g/mol. The number of aliphatic imine (C=N–C) groups is 1. The molecule has 0 radical (unpaired) electrons. The minimum Gasteiger partial charge on any atom is -0.494 e. The standard InChI is InChI=1S/C28H28N4O2S/c1-28(2,3)20-9-11-21(12-10-20)34-15-6-13-31-18-19(22-7-4-5-8-24(22)31)17-23-25(29)32-14-16-35-27(32)30-26(23)33/h4-5,7-12,14,16-18,29H,6,13,15H2,1-3H3/b23-17-,29-25?. The Labute approximate surface area is 209 Å². The van der Waals surface area contributed by atoms with Crippen molar-refractivity contribution in [1.29, 1.82) is 5.41 Å². The summed E-state index contributed by atoms with van der Waals surface area (Å²) in [5, 5.41) is 11.9. The molecule has 5 rings (SSSR count). The number of ether oxygens (including phenoxy) is 1. The summed E-state index contributed by atoms with van der Waals surface area (Å²) in [5.41, 5.74) is 3.70. The lowest BCUT2D eigenvalue weighted by Crippen LogP contribution is -2.35. The Kier molecular flexibility index (Phi) is 6.11. The molecule has 2 aromatic carbocycles. The highest BCUT2D eigenvalue weighted by Crippen LogP contribution is 2.30. The summed E-state index contributed by atoms with van der Waals surface area (Å²) in [4.78, 5) is 18.4. The van der Waals surface area contributed by atoms with Gasteiger partial charge < -0.3 is 9.30 Å². The van der Waals surface area contributed by atoms with E-state index >= 15 is 0 Å². The molecule has 0 atom stereocenters. The van der Waals surface area contributed by atoms with E-state index in [1.807, 2.05) is 41.9 Å². The first-order valence-electron chi connectivity index (χ1n) is 11.7. The van der Waals surface area contributed by atoms with Gasteiger partial charge in [-0.05, 0) is 47.1 Å². The Morgan fingerprint density at radius 3 is 2.66 bits per heavy atom. The molecule has 35 heavy (non-hydrogen) atoms. The normalized spacial score (nSPS) is 16.8. The van der Waals surface area contributed by atoms with Gasteiger partial charge >= 0.3 is 0 Å². The Morgan fingerprint density at radius 2 is 1.89 bits per heavy atom. The van der Waals surface area contributed by atoms with Crippen molar-refractivity contribution in [2.45, 2.75) is 39.2 Å². The minimum absolute atomic E-state index is 0.126. The first-order chi connectivity index (χ1) is 16.8. The molecule has 0 unspecified atom stereocenters. The van der Waals surface area contributed by atoms with Crippen LogP contribution in [0.25, 0.3) is 17.0 Å². The molecule has 1 amide bonds. The molecule has 1 aromatic heterocycles. The van der Waals surface area contributed by atoms with Crippen LogP contribution in [0.3, 0.4) is 0 Å². The molecule has 0 bridgehead atoms. The maximum atomic E-state index is 12.6. The van der Waals surface area contributed by atoms with Gasteiger partial charge in [0, 0.05) is 35.4 Å². The highest BCUT2D eigenvalue weighted by atomic mass is 32.2. The van der Waals surface area contributed by atoms with Crippen molar-refractivity contribution in [1.82, 2.24) is 9.47 Å².